The lowest BCUT2D eigenvalue weighted by Crippen LogP contribution is -2.45. The summed E-state index contributed by atoms with van der Waals surface area (Å²) < 4.78 is 38.2. The number of carbonyl (C=O) groups is 1. The number of esters is 1. The molecule has 5 N–H and O–H groups in total. The number of hydrogen-bond donors (Lipinski definition) is 4. The summed E-state index contributed by atoms with van der Waals surface area (Å²) in [5.41, 5.74) is 5.06. The Morgan fingerprint density at radius 2 is 1.95 bits per heavy atom. The predicted molar refractivity (Wildman–Crippen MR) is 145 cm³/mol. The van der Waals surface area contributed by atoms with Crippen molar-refractivity contribution < 1.29 is 38.1 Å². The average Bonchev–Trinajstić information content (AvgIpc) is 3.42. The highest BCUT2D eigenvalue weighted by atomic mass is 31.2. The highest BCUT2D eigenvalue weighted by Gasteiger charge is 2.54. The summed E-state index contributed by atoms with van der Waals surface area (Å²) in [7, 11) is -4.25. The molecule has 3 aromatic rings. The van der Waals surface area contributed by atoms with Crippen molar-refractivity contribution in [2.24, 2.45) is 5.41 Å². The molecule has 4 rings (SSSR count). The minimum absolute atomic E-state index is 0.158. The lowest BCUT2D eigenvalue weighted by molar-refractivity contribution is -0.148. The summed E-state index contributed by atoms with van der Waals surface area (Å²) in [6.45, 7) is 8.42. The van der Waals surface area contributed by atoms with Crippen LogP contribution < -0.4 is 15.3 Å². The Morgan fingerprint density at radius 1 is 1.25 bits per heavy atom. The summed E-state index contributed by atoms with van der Waals surface area (Å²) in [6, 6.07) is 10.6. The number of aliphatic hydroxyl groups is 2. The van der Waals surface area contributed by atoms with Gasteiger partial charge in [0.1, 0.15) is 47.5 Å². The van der Waals surface area contributed by atoms with E-state index in [0.29, 0.717) is 11.2 Å². The van der Waals surface area contributed by atoms with E-state index in [4.69, 9.17) is 24.3 Å². The van der Waals surface area contributed by atoms with Crippen molar-refractivity contribution in [3.05, 3.63) is 54.5 Å². The summed E-state index contributed by atoms with van der Waals surface area (Å²) in [5, 5.41) is 28.7. The first-order valence-electron chi connectivity index (χ1n) is 12.8. The van der Waals surface area contributed by atoms with Gasteiger partial charge in [-0.25, -0.2) is 14.1 Å². The molecule has 3 heterocycles. The molecule has 1 aromatic carbocycles. The van der Waals surface area contributed by atoms with Gasteiger partial charge in [0.2, 0.25) is 0 Å². The lowest BCUT2D eigenvalue weighted by Gasteiger charge is -2.30. The Hall–Kier alpha value is -3.06. The van der Waals surface area contributed by atoms with E-state index in [9.17, 15) is 19.6 Å². The first-order valence-corrected chi connectivity index (χ1v) is 14.3. The van der Waals surface area contributed by atoms with Gasteiger partial charge in [-0.1, -0.05) is 39.0 Å². The standard InChI is InChI=1S/C26H36N5O8P/c1-16(24(34)36-13-25(2,3)4)30-40(35,39-17-9-7-6-8-10-17)37-14-26(5)22(33)20(32)21(38-26)18-11-12-19-23(27)28-15-29-31(18)19/h6-12,15-16,20-22,32-33H,13-14H2,1-5H3,(H,30,35)(H2,27,28,29)/t16-,20-,21-,22-,26+,40-/m0/s1. The number of para-hydroxylation sites is 1. The Kier molecular flexibility index (Phi) is 8.55. The molecule has 1 saturated heterocycles. The molecule has 0 unspecified atom stereocenters. The fourth-order valence-corrected chi connectivity index (χ4v) is 5.71. The zero-order chi connectivity index (χ0) is 29.3. The number of anilines is 1. The molecule has 0 aliphatic carbocycles. The lowest BCUT2D eigenvalue weighted by atomic mass is 9.97. The summed E-state index contributed by atoms with van der Waals surface area (Å²) in [6.07, 6.45) is -2.57. The van der Waals surface area contributed by atoms with Gasteiger partial charge in [0.25, 0.3) is 0 Å². The number of benzene rings is 1. The average molecular weight is 578 g/mol. The Morgan fingerprint density at radius 3 is 2.62 bits per heavy atom. The van der Waals surface area contributed by atoms with E-state index in [1.54, 1.807) is 42.5 Å². The van der Waals surface area contributed by atoms with E-state index < -0.39 is 50.3 Å². The van der Waals surface area contributed by atoms with Crippen molar-refractivity contribution in [2.45, 2.75) is 64.6 Å². The molecule has 13 nitrogen and oxygen atoms in total. The zero-order valence-electron chi connectivity index (χ0n) is 23.1. The Balaban J connectivity index is 1.53. The molecule has 1 aliphatic rings. The number of ether oxygens (including phenoxy) is 2. The molecule has 0 spiro atoms. The van der Waals surface area contributed by atoms with Crippen LogP contribution in [0.15, 0.2) is 48.8 Å². The maximum absolute atomic E-state index is 13.9. The molecule has 14 heteroatoms. The third-order valence-electron chi connectivity index (χ3n) is 6.30. The third kappa shape index (κ3) is 6.63. The molecule has 0 radical (unpaired) electrons. The number of nitrogens with zero attached hydrogens (tertiary/aromatic N) is 3. The van der Waals surface area contributed by atoms with Gasteiger partial charge in [-0.3, -0.25) is 9.32 Å². The topological polar surface area (TPSA) is 180 Å². The molecule has 6 atom stereocenters. The van der Waals surface area contributed by atoms with Crippen molar-refractivity contribution in [3.8, 4) is 5.75 Å². The van der Waals surface area contributed by atoms with Crippen LogP contribution in [0.4, 0.5) is 5.82 Å². The van der Waals surface area contributed by atoms with Crippen LogP contribution in [0.1, 0.15) is 46.4 Å². The van der Waals surface area contributed by atoms with Crippen LogP contribution in [0.25, 0.3) is 5.52 Å². The fraction of sp³-hybridized carbons (Fsp3) is 0.500. The summed E-state index contributed by atoms with van der Waals surface area (Å²) in [5.74, 6) is -0.183. The first-order chi connectivity index (χ1) is 18.7. The van der Waals surface area contributed by atoms with E-state index in [2.05, 4.69) is 15.2 Å². The highest BCUT2D eigenvalue weighted by molar-refractivity contribution is 7.52. The summed E-state index contributed by atoms with van der Waals surface area (Å²) >= 11 is 0. The number of nitrogen functional groups attached to an aromatic ring is 1. The van der Waals surface area contributed by atoms with Crippen molar-refractivity contribution in [1.29, 1.82) is 0 Å². The predicted octanol–water partition coefficient (Wildman–Crippen LogP) is 2.63. The van der Waals surface area contributed by atoms with Crippen LogP contribution in [-0.2, 0) is 23.4 Å². The quantitative estimate of drug-likeness (QED) is 0.205. The SMILES string of the molecule is C[C@H](N[P@](=O)(OC[C@@]1(C)O[C@@H](c2ccc3c(N)ncnn23)[C@H](O)[C@@H]1O)Oc1ccccc1)C(=O)OCC(C)(C)C. The number of nitrogens with two attached hydrogens (primary N) is 1. The first kappa shape index (κ1) is 29.9. The van der Waals surface area contributed by atoms with Gasteiger partial charge in [-0.2, -0.15) is 10.2 Å². The second-order valence-corrected chi connectivity index (χ2v) is 12.9. The van der Waals surface area contributed by atoms with Gasteiger partial charge in [0, 0.05) is 0 Å². The number of carbonyl (C=O) groups excluding carboxylic acids is 1. The van der Waals surface area contributed by atoms with E-state index in [1.165, 1.54) is 24.7 Å². The molecule has 0 saturated carbocycles. The van der Waals surface area contributed by atoms with Crippen LogP contribution in [0.5, 0.6) is 5.75 Å². The fourth-order valence-electron chi connectivity index (χ4n) is 4.13. The monoisotopic (exact) mass is 577 g/mol. The van der Waals surface area contributed by atoms with Crippen molar-refractivity contribution in [2.75, 3.05) is 18.9 Å². The molecule has 1 aliphatic heterocycles. The number of rotatable bonds is 10. The van der Waals surface area contributed by atoms with Gasteiger partial charge in [0.05, 0.1) is 18.9 Å². The second kappa shape index (κ2) is 11.4. The van der Waals surface area contributed by atoms with Crippen LogP contribution in [-0.4, -0.2) is 67.8 Å². The van der Waals surface area contributed by atoms with Gasteiger partial charge in [-0.15, -0.1) is 0 Å². The molecule has 218 valence electrons. The molecule has 1 fully saturated rings. The minimum atomic E-state index is -4.25. The maximum atomic E-state index is 13.9. The molecule has 0 amide bonds. The van der Waals surface area contributed by atoms with Crippen LogP contribution >= 0.6 is 7.75 Å². The largest absolute Gasteiger partial charge is 0.464 e. The minimum Gasteiger partial charge on any atom is -0.464 e. The van der Waals surface area contributed by atoms with Crippen LogP contribution in [0, 0.1) is 5.41 Å². The van der Waals surface area contributed by atoms with E-state index in [-0.39, 0.29) is 23.6 Å². The molecular formula is C26H36N5O8P. The second-order valence-electron chi connectivity index (χ2n) is 11.2. The molecule has 0 bridgehead atoms. The van der Waals surface area contributed by atoms with Crippen LogP contribution in [0.2, 0.25) is 0 Å². The third-order valence-corrected chi connectivity index (χ3v) is 7.92. The zero-order valence-corrected chi connectivity index (χ0v) is 23.9. The van der Waals surface area contributed by atoms with Gasteiger partial charge in [0.15, 0.2) is 5.82 Å². The van der Waals surface area contributed by atoms with E-state index >= 15 is 0 Å². The smallest absolute Gasteiger partial charge is 0.459 e. The van der Waals surface area contributed by atoms with E-state index in [0.717, 1.165) is 0 Å². The molecular weight excluding hydrogens is 541 g/mol. The van der Waals surface area contributed by atoms with Crippen LogP contribution in [0.3, 0.4) is 0 Å². The Bertz CT molecular complexity index is 1380. The van der Waals surface area contributed by atoms with Crippen molar-refractivity contribution >= 4 is 25.1 Å². The van der Waals surface area contributed by atoms with Crippen molar-refractivity contribution in [3.63, 3.8) is 0 Å². The van der Waals surface area contributed by atoms with Crippen molar-refractivity contribution in [1.82, 2.24) is 19.7 Å². The number of hydrogen-bond acceptors (Lipinski definition) is 11. The molecule has 2 aromatic heterocycles. The highest BCUT2D eigenvalue weighted by Crippen LogP contribution is 2.48. The van der Waals surface area contributed by atoms with Gasteiger partial charge < -0.3 is 29.9 Å². The summed E-state index contributed by atoms with van der Waals surface area (Å²) in [4.78, 5) is 16.6. The number of aliphatic hydroxyl groups excluding tert-OH is 2. The molecule has 40 heavy (non-hydrogen) atoms. The maximum Gasteiger partial charge on any atom is 0.459 e. The number of nitrogens with one attached hydrogen (secondary N) is 1. The Labute approximate surface area is 232 Å². The normalized spacial score (nSPS) is 25.4. The number of fused-ring (bicyclic) bond motifs is 1. The number of aromatic nitrogens is 3. The van der Waals surface area contributed by atoms with Gasteiger partial charge >= 0.3 is 13.7 Å². The van der Waals surface area contributed by atoms with E-state index in [1.807, 2.05) is 20.8 Å². The van der Waals surface area contributed by atoms with Gasteiger partial charge in [-0.05, 0) is 43.5 Å².